The predicted octanol–water partition coefficient (Wildman–Crippen LogP) is 1.79. The lowest BCUT2D eigenvalue weighted by atomic mass is 10.2. The van der Waals surface area contributed by atoms with Crippen LogP contribution in [0.2, 0.25) is 0 Å². The maximum Gasteiger partial charge on any atom is 0.226 e. The Morgan fingerprint density at radius 3 is 3.07 bits per heavy atom. The number of rotatable bonds is 3. The molecule has 0 amide bonds. The number of oxazole rings is 1. The van der Waals surface area contributed by atoms with Crippen molar-refractivity contribution in [2.75, 3.05) is 0 Å². The van der Waals surface area contributed by atoms with Crippen LogP contribution in [0.15, 0.2) is 34.9 Å². The maximum absolute atomic E-state index is 10.2. The predicted molar refractivity (Wildman–Crippen MR) is 53.4 cm³/mol. The zero-order valence-corrected chi connectivity index (χ0v) is 7.88. The monoisotopic (exact) mass is 203 g/mol. The zero-order valence-electron chi connectivity index (χ0n) is 7.88. The van der Waals surface area contributed by atoms with Crippen molar-refractivity contribution in [3.63, 3.8) is 0 Å². The zero-order chi connectivity index (χ0) is 10.7. The van der Waals surface area contributed by atoms with Crippen LogP contribution in [0.4, 0.5) is 0 Å². The molecule has 1 aromatic carbocycles. The molecule has 0 radical (unpaired) electrons. The lowest BCUT2D eigenvalue weighted by Crippen LogP contribution is -1.79. The third-order valence-electron chi connectivity index (χ3n) is 1.93. The second kappa shape index (κ2) is 3.96. The van der Waals surface area contributed by atoms with E-state index in [4.69, 9.17) is 4.42 Å². The lowest BCUT2D eigenvalue weighted by Gasteiger charge is -1.95. The summed E-state index contributed by atoms with van der Waals surface area (Å²) in [5.74, 6) is 1.08. The first kappa shape index (κ1) is 9.45. The minimum Gasteiger partial charge on any atom is -0.508 e. The van der Waals surface area contributed by atoms with Crippen molar-refractivity contribution < 1.29 is 14.3 Å². The average molecular weight is 203 g/mol. The molecular weight excluding hydrogens is 194 g/mol. The molecule has 15 heavy (non-hydrogen) atoms. The van der Waals surface area contributed by atoms with Gasteiger partial charge in [-0.2, -0.15) is 0 Å². The molecular formula is C11H9NO3. The number of phenols is 1. The Bertz CT molecular complexity index is 476. The molecule has 4 nitrogen and oxygen atoms in total. The van der Waals surface area contributed by atoms with Crippen LogP contribution < -0.4 is 0 Å². The minimum absolute atomic E-state index is 0.155. The van der Waals surface area contributed by atoms with Gasteiger partial charge in [0, 0.05) is 5.56 Å². The highest BCUT2D eigenvalue weighted by Gasteiger charge is 2.06. The Morgan fingerprint density at radius 2 is 2.33 bits per heavy atom. The topological polar surface area (TPSA) is 63.3 Å². The van der Waals surface area contributed by atoms with E-state index in [-0.39, 0.29) is 12.2 Å². The minimum atomic E-state index is 0.155. The van der Waals surface area contributed by atoms with Gasteiger partial charge in [-0.3, -0.25) is 0 Å². The van der Waals surface area contributed by atoms with Gasteiger partial charge < -0.3 is 14.3 Å². The summed E-state index contributed by atoms with van der Waals surface area (Å²) in [5.41, 5.74) is 0.687. The first-order valence-corrected chi connectivity index (χ1v) is 4.47. The molecule has 0 saturated carbocycles. The van der Waals surface area contributed by atoms with E-state index < -0.39 is 0 Å². The van der Waals surface area contributed by atoms with Crippen LogP contribution in [0.3, 0.4) is 0 Å². The smallest absolute Gasteiger partial charge is 0.226 e. The molecule has 0 aliphatic rings. The van der Waals surface area contributed by atoms with Gasteiger partial charge in [0.2, 0.25) is 5.89 Å². The van der Waals surface area contributed by atoms with E-state index >= 15 is 0 Å². The van der Waals surface area contributed by atoms with Crippen LogP contribution in [-0.4, -0.2) is 16.4 Å². The van der Waals surface area contributed by atoms with E-state index in [0.29, 0.717) is 17.2 Å². The van der Waals surface area contributed by atoms with Crippen LogP contribution in [-0.2, 0) is 11.2 Å². The summed E-state index contributed by atoms with van der Waals surface area (Å²) < 4.78 is 5.31. The average Bonchev–Trinajstić information content (AvgIpc) is 2.67. The SMILES string of the molecule is O=CCc1cnc(-c2cccc(O)c2)o1. The van der Waals surface area contributed by atoms with Crippen LogP contribution in [0, 0.1) is 0 Å². The number of phenolic OH excluding ortho intramolecular Hbond substituents is 1. The van der Waals surface area contributed by atoms with Gasteiger partial charge in [-0.1, -0.05) is 6.07 Å². The number of aldehydes is 1. The van der Waals surface area contributed by atoms with E-state index in [1.807, 2.05) is 0 Å². The molecule has 0 aliphatic carbocycles. The summed E-state index contributed by atoms with van der Waals surface area (Å²) in [5, 5.41) is 9.26. The molecule has 2 rings (SSSR count). The molecule has 0 aliphatic heterocycles. The van der Waals surface area contributed by atoms with Gasteiger partial charge in [-0.05, 0) is 18.2 Å². The number of aromatic nitrogens is 1. The Hall–Kier alpha value is -2.10. The van der Waals surface area contributed by atoms with Crippen molar-refractivity contribution >= 4 is 6.29 Å². The van der Waals surface area contributed by atoms with E-state index in [0.717, 1.165) is 6.29 Å². The molecule has 0 spiro atoms. The van der Waals surface area contributed by atoms with Crippen molar-refractivity contribution in [2.24, 2.45) is 0 Å². The quantitative estimate of drug-likeness (QED) is 0.772. The molecule has 0 atom stereocenters. The molecule has 76 valence electrons. The Morgan fingerprint density at radius 1 is 1.47 bits per heavy atom. The van der Waals surface area contributed by atoms with Crippen molar-refractivity contribution in [3.05, 3.63) is 36.2 Å². The molecule has 2 aromatic rings. The first-order chi connectivity index (χ1) is 7.29. The third kappa shape index (κ3) is 2.04. The second-order valence-corrected chi connectivity index (χ2v) is 3.05. The molecule has 1 aromatic heterocycles. The van der Waals surface area contributed by atoms with Crippen molar-refractivity contribution in [2.45, 2.75) is 6.42 Å². The molecule has 0 saturated heterocycles. The van der Waals surface area contributed by atoms with E-state index in [9.17, 15) is 9.90 Å². The summed E-state index contributed by atoms with van der Waals surface area (Å²) >= 11 is 0. The molecule has 1 N–H and O–H groups in total. The largest absolute Gasteiger partial charge is 0.508 e. The van der Waals surface area contributed by atoms with Gasteiger partial charge in [0.1, 0.15) is 17.8 Å². The fourth-order valence-electron chi connectivity index (χ4n) is 1.26. The van der Waals surface area contributed by atoms with Gasteiger partial charge in [0.25, 0.3) is 0 Å². The highest BCUT2D eigenvalue weighted by Crippen LogP contribution is 2.22. The number of hydrogen-bond donors (Lipinski definition) is 1. The summed E-state index contributed by atoms with van der Waals surface area (Å²) in [6.07, 6.45) is 2.48. The fourth-order valence-corrected chi connectivity index (χ4v) is 1.26. The molecule has 1 heterocycles. The van der Waals surface area contributed by atoms with E-state index in [1.54, 1.807) is 24.3 Å². The van der Waals surface area contributed by atoms with Gasteiger partial charge in [0.05, 0.1) is 12.6 Å². The highest BCUT2D eigenvalue weighted by molar-refractivity contribution is 5.57. The Labute approximate surface area is 86.2 Å². The number of carbonyl (C=O) groups is 1. The fraction of sp³-hybridized carbons (Fsp3) is 0.0909. The number of benzene rings is 1. The molecule has 0 unspecified atom stereocenters. The number of aromatic hydroxyl groups is 1. The number of nitrogens with zero attached hydrogens (tertiary/aromatic N) is 1. The number of carbonyl (C=O) groups excluding carboxylic acids is 1. The van der Waals surface area contributed by atoms with Gasteiger partial charge in [0.15, 0.2) is 0 Å². The summed E-state index contributed by atoms with van der Waals surface area (Å²) in [4.78, 5) is 14.3. The Kier molecular flexibility index (Phi) is 2.49. The third-order valence-corrected chi connectivity index (χ3v) is 1.93. The molecule has 4 heteroatoms. The lowest BCUT2D eigenvalue weighted by molar-refractivity contribution is -0.107. The van der Waals surface area contributed by atoms with Crippen molar-refractivity contribution in [1.29, 1.82) is 0 Å². The highest BCUT2D eigenvalue weighted by atomic mass is 16.4. The summed E-state index contributed by atoms with van der Waals surface area (Å²) in [6, 6.07) is 6.60. The standard InChI is InChI=1S/C11H9NO3/c13-5-4-10-7-12-11(15-10)8-2-1-3-9(14)6-8/h1-3,5-7,14H,4H2. The maximum atomic E-state index is 10.2. The summed E-state index contributed by atoms with van der Waals surface area (Å²) in [6.45, 7) is 0. The molecule has 0 fully saturated rings. The number of hydrogen-bond acceptors (Lipinski definition) is 4. The van der Waals surface area contributed by atoms with Crippen molar-refractivity contribution in [1.82, 2.24) is 4.98 Å². The molecule has 0 bridgehead atoms. The van der Waals surface area contributed by atoms with Crippen LogP contribution in [0.1, 0.15) is 5.76 Å². The van der Waals surface area contributed by atoms with Crippen LogP contribution in [0.25, 0.3) is 11.5 Å². The van der Waals surface area contributed by atoms with Crippen LogP contribution >= 0.6 is 0 Å². The van der Waals surface area contributed by atoms with E-state index in [2.05, 4.69) is 4.98 Å². The Balaban J connectivity index is 2.32. The van der Waals surface area contributed by atoms with Crippen molar-refractivity contribution in [3.8, 4) is 17.2 Å². The van der Waals surface area contributed by atoms with Gasteiger partial charge >= 0.3 is 0 Å². The van der Waals surface area contributed by atoms with Crippen LogP contribution in [0.5, 0.6) is 5.75 Å². The first-order valence-electron chi connectivity index (χ1n) is 4.47. The van der Waals surface area contributed by atoms with Gasteiger partial charge in [-0.15, -0.1) is 0 Å². The van der Waals surface area contributed by atoms with Gasteiger partial charge in [-0.25, -0.2) is 4.98 Å². The summed E-state index contributed by atoms with van der Waals surface area (Å²) in [7, 11) is 0. The normalized spacial score (nSPS) is 10.1. The second-order valence-electron chi connectivity index (χ2n) is 3.05. The van der Waals surface area contributed by atoms with E-state index in [1.165, 1.54) is 6.20 Å².